The van der Waals surface area contributed by atoms with Crippen LogP contribution in [-0.2, 0) is 11.2 Å². The summed E-state index contributed by atoms with van der Waals surface area (Å²) in [5, 5.41) is 2.87. The number of nitrogens with zero attached hydrogens (tertiary/aromatic N) is 1. The Bertz CT molecular complexity index is 786. The summed E-state index contributed by atoms with van der Waals surface area (Å²) in [6.07, 6.45) is 1.79. The minimum Gasteiger partial charge on any atom is -0.483 e. The number of para-hydroxylation sites is 2. The van der Waals surface area contributed by atoms with Crippen molar-refractivity contribution in [2.75, 3.05) is 19.7 Å². The number of benzene rings is 2. The maximum atomic E-state index is 12.4. The van der Waals surface area contributed by atoms with Gasteiger partial charge in [0.25, 0.3) is 5.91 Å². The lowest BCUT2D eigenvalue weighted by molar-refractivity contribution is -0.134. The molecule has 28 heavy (non-hydrogen) atoms. The zero-order valence-corrected chi connectivity index (χ0v) is 16.1. The molecule has 1 saturated heterocycles. The Kier molecular flexibility index (Phi) is 6.89. The molecule has 3 rings (SSSR count). The number of carbonyl (C=O) groups excluding carboxylic acids is 2. The van der Waals surface area contributed by atoms with Crippen LogP contribution in [0.3, 0.4) is 0 Å². The van der Waals surface area contributed by atoms with Crippen LogP contribution in [0, 0.1) is 0 Å². The van der Waals surface area contributed by atoms with Crippen LogP contribution < -0.4 is 14.8 Å². The summed E-state index contributed by atoms with van der Waals surface area (Å²) in [7, 11) is 0. The standard InChI is InChI=1S/C22H26N2O4/c1-2-17-8-6-7-11-20(17)27-16-21(25)24-14-12-18(13-15-24)23-22(26)28-19-9-4-3-5-10-19/h3-11,18H,2,12-16H2,1H3,(H,23,26). The van der Waals surface area contributed by atoms with Crippen molar-refractivity contribution in [1.82, 2.24) is 10.2 Å². The highest BCUT2D eigenvalue weighted by atomic mass is 16.6. The lowest BCUT2D eigenvalue weighted by atomic mass is 10.1. The molecule has 2 aromatic rings. The van der Waals surface area contributed by atoms with E-state index in [1.807, 2.05) is 42.5 Å². The number of amides is 2. The van der Waals surface area contributed by atoms with E-state index < -0.39 is 6.09 Å². The largest absolute Gasteiger partial charge is 0.483 e. The quantitative estimate of drug-likeness (QED) is 0.831. The number of carbonyl (C=O) groups is 2. The number of likely N-dealkylation sites (tertiary alicyclic amines) is 1. The van der Waals surface area contributed by atoms with Gasteiger partial charge in [-0.05, 0) is 43.0 Å². The number of piperidine rings is 1. The van der Waals surface area contributed by atoms with Gasteiger partial charge in [-0.2, -0.15) is 0 Å². The molecule has 1 aliphatic heterocycles. The van der Waals surface area contributed by atoms with Crippen LogP contribution in [0.25, 0.3) is 0 Å². The summed E-state index contributed by atoms with van der Waals surface area (Å²) in [5.41, 5.74) is 1.09. The fraction of sp³-hybridized carbons (Fsp3) is 0.364. The van der Waals surface area contributed by atoms with Gasteiger partial charge in [0.1, 0.15) is 11.5 Å². The van der Waals surface area contributed by atoms with E-state index in [4.69, 9.17) is 9.47 Å². The molecular formula is C22H26N2O4. The number of rotatable bonds is 6. The average Bonchev–Trinajstić information content (AvgIpc) is 2.73. The molecule has 0 unspecified atom stereocenters. The second-order valence-electron chi connectivity index (χ2n) is 6.75. The van der Waals surface area contributed by atoms with Crippen LogP contribution in [0.15, 0.2) is 54.6 Å². The SMILES string of the molecule is CCc1ccccc1OCC(=O)N1CCC(NC(=O)Oc2ccccc2)CC1. The first kappa shape index (κ1) is 19.7. The summed E-state index contributed by atoms with van der Waals surface area (Å²) in [5.74, 6) is 1.24. The van der Waals surface area contributed by atoms with Crippen molar-refractivity contribution in [3.05, 3.63) is 60.2 Å². The van der Waals surface area contributed by atoms with Crippen molar-refractivity contribution in [3.8, 4) is 11.5 Å². The highest BCUT2D eigenvalue weighted by Gasteiger charge is 2.24. The Hall–Kier alpha value is -3.02. The van der Waals surface area contributed by atoms with Gasteiger partial charge in [0.05, 0.1) is 0 Å². The number of ether oxygens (including phenoxy) is 2. The fourth-order valence-electron chi connectivity index (χ4n) is 3.23. The molecule has 0 radical (unpaired) electrons. The van der Waals surface area contributed by atoms with Crippen molar-refractivity contribution >= 4 is 12.0 Å². The Labute approximate surface area is 165 Å². The van der Waals surface area contributed by atoms with E-state index >= 15 is 0 Å². The van der Waals surface area contributed by atoms with Gasteiger partial charge in [-0.1, -0.05) is 43.3 Å². The second kappa shape index (κ2) is 9.78. The van der Waals surface area contributed by atoms with Crippen LogP contribution in [0.2, 0.25) is 0 Å². The maximum absolute atomic E-state index is 12.4. The first-order valence-corrected chi connectivity index (χ1v) is 9.67. The molecule has 148 valence electrons. The molecule has 1 aliphatic rings. The lowest BCUT2D eigenvalue weighted by Gasteiger charge is -2.32. The summed E-state index contributed by atoms with van der Waals surface area (Å²) in [6.45, 7) is 3.28. The predicted molar refractivity (Wildman–Crippen MR) is 107 cm³/mol. The Morgan fingerprint density at radius 2 is 1.71 bits per heavy atom. The van der Waals surface area contributed by atoms with Crippen LogP contribution in [0.4, 0.5) is 4.79 Å². The second-order valence-corrected chi connectivity index (χ2v) is 6.75. The molecule has 1 fully saturated rings. The third kappa shape index (κ3) is 5.49. The van der Waals surface area contributed by atoms with Crippen molar-refractivity contribution in [3.63, 3.8) is 0 Å². The number of nitrogens with one attached hydrogen (secondary N) is 1. The molecule has 0 aromatic heterocycles. The summed E-state index contributed by atoms with van der Waals surface area (Å²) < 4.78 is 11.0. The smallest absolute Gasteiger partial charge is 0.412 e. The minimum absolute atomic E-state index is 0.00185. The van der Waals surface area contributed by atoms with E-state index in [-0.39, 0.29) is 18.6 Å². The average molecular weight is 382 g/mol. The van der Waals surface area contributed by atoms with Crippen molar-refractivity contribution < 1.29 is 19.1 Å². The molecule has 1 N–H and O–H groups in total. The molecule has 0 spiro atoms. The first-order valence-electron chi connectivity index (χ1n) is 9.67. The van der Waals surface area contributed by atoms with Crippen molar-refractivity contribution in [2.24, 2.45) is 0 Å². The molecular weight excluding hydrogens is 356 g/mol. The van der Waals surface area contributed by atoms with Gasteiger partial charge >= 0.3 is 6.09 Å². The molecule has 0 aliphatic carbocycles. The van der Waals surface area contributed by atoms with Crippen LogP contribution in [0.5, 0.6) is 11.5 Å². The van der Waals surface area contributed by atoms with Crippen LogP contribution in [0.1, 0.15) is 25.3 Å². The molecule has 0 saturated carbocycles. The zero-order valence-electron chi connectivity index (χ0n) is 16.1. The first-order chi connectivity index (χ1) is 13.7. The number of hydrogen-bond donors (Lipinski definition) is 1. The predicted octanol–water partition coefficient (Wildman–Crippen LogP) is 3.41. The van der Waals surface area contributed by atoms with Gasteiger partial charge in [-0.3, -0.25) is 4.79 Å². The molecule has 6 heteroatoms. The van der Waals surface area contributed by atoms with Gasteiger partial charge in [0.15, 0.2) is 6.61 Å². The third-order valence-electron chi connectivity index (χ3n) is 4.83. The molecule has 6 nitrogen and oxygen atoms in total. The van der Waals surface area contributed by atoms with Crippen LogP contribution >= 0.6 is 0 Å². The fourth-order valence-corrected chi connectivity index (χ4v) is 3.23. The van der Waals surface area contributed by atoms with Gasteiger partial charge in [-0.15, -0.1) is 0 Å². The molecule has 0 atom stereocenters. The normalized spacial score (nSPS) is 14.4. The van der Waals surface area contributed by atoms with E-state index in [1.54, 1.807) is 17.0 Å². The van der Waals surface area contributed by atoms with Gasteiger partial charge in [-0.25, -0.2) is 4.79 Å². The minimum atomic E-state index is -0.463. The van der Waals surface area contributed by atoms with Gasteiger partial charge in [0.2, 0.25) is 0 Å². The zero-order chi connectivity index (χ0) is 19.8. The Morgan fingerprint density at radius 1 is 1.04 bits per heavy atom. The van der Waals surface area contributed by atoms with E-state index in [0.717, 1.165) is 17.7 Å². The molecule has 2 aromatic carbocycles. The number of hydrogen-bond acceptors (Lipinski definition) is 4. The highest BCUT2D eigenvalue weighted by molar-refractivity contribution is 5.78. The lowest BCUT2D eigenvalue weighted by Crippen LogP contribution is -2.48. The Morgan fingerprint density at radius 3 is 2.43 bits per heavy atom. The van der Waals surface area contributed by atoms with Gasteiger partial charge < -0.3 is 19.7 Å². The van der Waals surface area contributed by atoms with E-state index in [9.17, 15) is 9.59 Å². The monoisotopic (exact) mass is 382 g/mol. The van der Waals surface area contributed by atoms with Crippen LogP contribution in [-0.4, -0.2) is 42.6 Å². The number of aryl methyl sites for hydroxylation is 1. The van der Waals surface area contributed by atoms with Gasteiger partial charge in [0, 0.05) is 19.1 Å². The molecule has 0 bridgehead atoms. The van der Waals surface area contributed by atoms with E-state index in [2.05, 4.69) is 12.2 Å². The van der Waals surface area contributed by atoms with Crippen molar-refractivity contribution in [1.29, 1.82) is 0 Å². The topological polar surface area (TPSA) is 67.9 Å². The summed E-state index contributed by atoms with van der Waals surface area (Å²) >= 11 is 0. The maximum Gasteiger partial charge on any atom is 0.412 e. The molecule has 1 heterocycles. The summed E-state index contributed by atoms with van der Waals surface area (Å²) in [4.78, 5) is 26.2. The third-order valence-corrected chi connectivity index (χ3v) is 4.83. The van der Waals surface area contributed by atoms with E-state index in [0.29, 0.717) is 31.7 Å². The highest BCUT2D eigenvalue weighted by Crippen LogP contribution is 2.19. The molecule has 2 amide bonds. The van der Waals surface area contributed by atoms with E-state index in [1.165, 1.54) is 0 Å². The summed E-state index contributed by atoms with van der Waals surface area (Å²) in [6, 6.07) is 16.7. The Balaban J connectivity index is 1.40. The van der Waals surface area contributed by atoms with Crippen molar-refractivity contribution in [2.45, 2.75) is 32.2 Å².